The van der Waals surface area contributed by atoms with Crippen LogP contribution in [0.2, 0.25) is 0 Å². The van der Waals surface area contributed by atoms with Crippen molar-refractivity contribution in [3.63, 3.8) is 0 Å². The van der Waals surface area contributed by atoms with E-state index in [2.05, 4.69) is 11.6 Å². The Morgan fingerprint density at radius 2 is 2.25 bits per heavy atom. The lowest BCUT2D eigenvalue weighted by molar-refractivity contribution is -0.132. The predicted octanol–water partition coefficient (Wildman–Crippen LogP) is 2.73. The molecule has 0 atom stereocenters. The molecule has 2 heterocycles. The van der Waals surface area contributed by atoms with Gasteiger partial charge in [-0.15, -0.1) is 6.58 Å². The molecule has 1 amide bonds. The molecule has 4 nitrogen and oxygen atoms in total. The second-order valence-electron chi connectivity index (χ2n) is 5.16. The van der Waals surface area contributed by atoms with E-state index in [1.54, 1.807) is 12.3 Å². The van der Waals surface area contributed by atoms with Gasteiger partial charge in [-0.25, -0.2) is 0 Å². The molecule has 1 aromatic heterocycles. The van der Waals surface area contributed by atoms with Crippen LogP contribution in [0.15, 0.2) is 31.0 Å². The average Bonchev–Trinajstić information content (AvgIpc) is 2.48. The normalized spacial score (nSPS) is 15.9. The van der Waals surface area contributed by atoms with E-state index in [9.17, 15) is 4.79 Å². The van der Waals surface area contributed by atoms with Crippen LogP contribution in [0.3, 0.4) is 0 Å². The van der Waals surface area contributed by atoms with E-state index in [-0.39, 0.29) is 12.0 Å². The first-order valence-corrected chi connectivity index (χ1v) is 7.17. The van der Waals surface area contributed by atoms with Gasteiger partial charge in [0.2, 0.25) is 5.91 Å². The number of aromatic nitrogens is 1. The Kier molecular flexibility index (Phi) is 5.16. The minimum atomic E-state index is 0.183. The number of hydrogen-bond acceptors (Lipinski definition) is 3. The molecular weight excluding hydrogens is 252 g/mol. The molecule has 1 aliphatic heterocycles. The van der Waals surface area contributed by atoms with Crippen molar-refractivity contribution in [3.8, 4) is 5.75 Å². The summed E-state index contributed by atoms with van der Waals surface area (Å²) in [6, 6.07) is 3.90. The summed E-state index contributed by atoms with van der Waals surface area (Å²) in [6.45, 7) is 7.16. The number of allylic oxidation sites excluding steroid dienone is 1. The first kappa shape index (κ1) is 14.6. The van der Waals surface area contributed by atoms with Crippen molar-refractivity contribution in [2.45, 2.75) is 38.7 Å². The molecule has 0 radical (unpaired) electrons. The molecule has 1 aliphatic rings. The van der Waals surface area contributed by atoms with Crippen LogP contribution in [0.1, 0.15) is 31.4 Å². The summed E-state index contributed by atoms with van der Waals surface area (Å²) in [5.74, 6) is 1.03. The third-order valence-electron chi connectivity index (χ3n) is 3.54. The number of carbonyl (C=O) groups excluding carboxylic acids is 1. The molecule has 1 saturated heterocycles. The SMILES string of the molecule is C=CCCC(=O)N1CCC(Oc2ccc(C)nc2)CC1. The highest BCUT2D eigenvalue weighted by atomic mass is 16.5. The van der Waals surface area contributed by atoms with E-state index in [0.717, 1.165) is 43.8 Å². The van der Waals surface area contributed by atoms with Crippen molar-refractivity contribution < 1.29 is 9.53 Å². The van der Waals surface area contributed by atoms with Gasteiger partial charge in [0.1, 0.15) is 11.9 Å². The minimum absolute atomic E-state index is 0.183. The van der Waals surface area contributed by atoms with E-state index < -0.39 is 0 Å². The zero-order chi connectivity index (χ0) is 14.4. The van der Waals surface area contributed by atoms with Gasteiger partial charge < -0.3 is 9.64 Å². The summed E-state index contributed by atoms with van der Waals surface area (Å²) in [6.07, 6.45) is 6.82. The van der Waals surface area contributed by atoms with Crippen LogP contribution in [0.5, 0.6) is 5.75 Å². The summed E-state index contributed by atoms with van der Waals surface area (Å²) >= 11 is 0. The van der Waals surface area contributed by atoms with Gasteiger partial charge in [0, 0.05) is 38.0 Å². The van der Waals surface area contributed by atoms with Crippen molar-refractivity contribution in [1.82, 2.24) is 9.88 Å². The Morgan fingerprint density at radius 1 is 1.50 bits per heavy atom. The Bertz CT molecular complexity index is 448. The average molecular weight is 274 g/mol. The summed E-state index contributed by atoms with van der Waals surface area (Å²) < 4.78 is 5.90. The molecule has 0 spiro atoms. The zero-order valence-corrected chi connectivity index (χ0v) is 12.0. The zero-order valence-electron chi connectivity index (χ0n) is 12.0. The lowest BCUT2D eigenvalue weighted by atomic mass is 10.1. The van der Waals surface area contributed by atoms with Crippen LogP contribution in [0, 0.1) is 6.92 Å². The van der Waals surface area contributed by atoms with Crippen molar-refractivity contribution in [2.24, 2.45) is 0 Å². The maximum absolute atomic E-state index is 11.9. The fourth-order valence-electron chi connectivity index (χ4n) is 2.32. The van der Waals surface area contributed by atoms with Gasteiger partial charge in [-0.3, -0.25) is 9.78 Å². The maximum atomic E-state index is 11.9. The highest BCUT2D eigenvalue weighted by Crippen LogP contribution is 2.19. The number of aryl methyl sites for hydroxylation is 1. The number of rotatable bonds is 5. The summed E-state index contributed by atoms with van der Waals surface area (Å²) in [5, 5.41) is 0. The monoisotopic (exact) mass is 274 g/mol. The Labute approximate surface area is 120 Å². The largest absolute Gasteiger partial charge is 0.489 e. The van der Waals surface area contributed by atoms with Crippen LogP contribution < -0.4 is 4.74 Å². The van der Waals surface area contributed by atoms with E-state index >= 15 is 0 Å². The van der Waals surface area contributed by atoms with Crippen molar-refractivity contribution >= 4 is 5.91 Å². The van der Waals surface area contributed by atoms with Gasteiger partial charge >= 0.3 is 0 Å². The smallest absolute Gasteiger partial charge is 0.222 e. The molecule has 20 heavy (non-hydrogen) atoms. The van der Waals surface area contributed by atoms with Crippen molar-refractivity contribution in [2.75, 3.05) is 13.1 Å². The number of hydrogen-bond donors (Lipinski definition) is 0. The lowest BCUT2D eigenvalue weighted by Crippen LogP contribution is -2.41. The number of pyridine rings is 1. The van der Waals surface area contributed by atoms with E-state index in [1.165, 1.54) is 0 Å². The standard InChI is InChI=1S/C16H22N2O2/c1-3-4-5-16(19)18-10-8-14(9-11-18)20-15-7-6-13(2)17-12-15/h3,6-7,12,14H,1,4-5,8-11H2,2H3. The summed E-state index contributed by atoms with van der Waals surface area (Å²) in [4.78, 5) is 18.0. The molecule has 0 aliphatic carbocycles. The number of nitrogens with zero attached hydrogens (tertiary/aromatic N) is 2. The van der Waals surface area contributed by atoms with Gasteiger partial charge in [0.05, 0.1) is 6.20 Å². The van der Waals surface area contributed by atoms with E-state index in [4.69, 9.17) is 4.74 Å². The molecule has 1 aromatic rings. The van der Waals surface area contributed by atoms with Gasteiger partial charge in [-0.05, 0) is 25.5 Å². The van der Waals surface area contributed by atoms with Crippen molar-refractivity contribution in [1.29, 1.82) is 0 Å². The van der Waals surface area contributed by atoms with Crippen molar-refractivity contribution in [3.05, 3.63) is 36.7 Å². The number of ether oxygens (including phenoxy) is 1. The van der Waals surface area contributed by atoms with Crippen LogP contribution >= 0.6 is 0 Å². The van der Waals surface area contributed by atoms with E-state index in [1.807, 2.05) is 24.0 Å². The number of piperidine rings is 1. The Hall–Kier alpha value is -1.84. The van der Waals surface area contributed by atoms with Crippen LogP contribution in [0.4, 0.5) is 0 Å². The van der Waals surface area contributed by atoms with Gasteiger partial charge in [0.15, 0.2) is 0 Å². The van der Waals surface area contributed by atoms with Gasteiger partial charge in [-0.2, -0.15) is 0 Å². The second kappa shape index (κ2) is 7.08. The molecule has 2 rings (SSSR count). The molecular formula is C16H22N2O2. The number of carbonyl (C=O) groups is 1. The Morgan fingerprint density at radius 3 is 2.85 bits per heavy atom. The van der Waals surface area contributed by atoms with Gasteiger partial charge in [-0.1, -0.05) is 6.08 Å². The molecule has 108 valence electrons. The fraction of sp³-hybridized carbons (Fsp3) is 0.500. The topological polar surface area (TPSA) is 42.4 Å². The van der Waals surface area contributed by atoms with Gasteiger partial charge in [0.25, 0.3) is 0 Å². The highest BCUT2D eigenvalue weighted by Gasteiger charge is 2.23. The lowest BCUT2D eigenvalue weighted by Gasteiger charge is -2.32. The first-order chi connectivity index (χ1) is 9.69. The molecule has 0 unspecified atom stereocenters. The molecule has 0 saturated carbocycles. The second-order valence-corrected chi connectivity index (χ2v) is 5.16. The van der Waals surface area contributed by atoms with E-state index in [0.29, 0.717) is 6.42 Å². The highest BCUT2D eigenvalue weighted by molar-refractivity contribution is 5.76. The van der Waals surface area contributed by atoms with Crippen LogP contribution in [-0.2, 0) is 4.79 Å². The molecule has 4 heteroatoms. The third-order valence-corrected chi connectivity index (χ3v) is 3.54. The number of likely N-dealkylation sites (tertiary alicyclic amines) is 1. The molecule has 0 N–H and O–H groups in total. The molecule has 0 bridgehead atoms. The van der Waals surface area contributed by atoms with Crippen LogP contribution in [0.25, 0.3) is 0 Å². The minimum Gasteiger partial charge on any atom is -0.489 e. The fourth-order valence-corrected chi connectivity index (χ4v) is 2.32. The summed E-state index contributed by atoms with van der Waals surface area (Å²) in [5.41, 5.74) is 0.986. The van der Waals surface area contributed by atoms with Crippen LogP contribution in [-0.4, -0.2) is 35.0 Å². The first-order valence-electron chi connectivity index (χ1n) is 7.17. The Balaban J connectivity index is 1.78. The molecule has 0 aromatic carbocycles. The third kappa shape index (κ3) is 4.08. The summed E-state index contributed by atoms with van der Waals surface area (Å²) in [7, 11) is 0. The maximum Gasteiger partial charge on any atom is 0.222 e. The quantitative estimate of drug-likeness (QED) is 0.775. The number of amides is 1. The molecule has 1 fully saturated rings. The predicted molar refractivity (Wildman–Crippen MR) is 78.6 cm³/mol.